The van der Waals surface area contributed by atoms with E-state index in [1.807, 2.05) is 6.07 Å². The Morgan fingerprint density at radius 1 is 0.403 bits per heavy atom. The Morgan fingerprint density at radius 2 is 0.919 bits per heavy atom. The SMILES string of the molecule is Cc1ccc(C)c(N(c2ccc3cc4c(cc3c2)-c2cc3cc(-c5ccc(C(C)(C)C)cc5)c(-c5ccc(C(C)(C)C)cc5)cc3cc2-4)c2cccc3c2oc2ccccc23)c1. The lowest BCUT2D eigenvalue weighted by Gasteiger charge is -2.29. The number of para-hydroxylation sites is 2. The van der Waals surface area contributed by atoms with E-state index in [0.29, 0.717) is 0 Å². The second kappa shape index (κ2) is 13.8. The third-order valence-corrected chi connectivity index (χ3v) is 13.3. The Morgan fingerprint density at radius 3 is 1.50 bits per heavy atom. The van der Waals surface area contributed by atoms with Gasteiger partial charge in [-0.1, -0.05) is 139 Å². The summed E-state index contributed by atoms with van der Waals surface area (Å²) >= 11 is 0. The van der Waals surface area contributed by atoms with E-state index in [1.54, 1.807) is 0 Å². The van der Waals surface area contributed by atoms with Crippen LogP contribution in [0.25, 0.3) is 88.0 Å². The lowest BCUT2D eigenvalue weighted by molar-refractivity contribution is 0.590. The molecule has 0 N–H and O–H groups in total. The van der Waals surface area contributed by atoms with Crippen molar-refractivity contribution in [3.8, 4) is 44.5 Å². The number of anilines is 3. The van der Waals surface area contributed by atoms with Gasteiger partial charge < -0.3 is 9.32 Å². The normalized spacial score (nSPS) is 12.5. The Hall–Kier alpha value is -6.90. The van der Waals surface area contributed by atoms with Crippen molar-refractivity contribution in [2.45, 2.75) is 66.2 Å². The largest absolute Gasteiger partial charge is 0.454 e. The molecule has 1 aliphatic carbocycles. The fourth-order valence-corrected chi connectivity index (χ4v) is 9.66. The van der Waals surface area contributed by atoms with Gasteiger partial charge in [0.05, 0.1) is 5.69 Å². The summed E-state index contributed by atoms with van der Waals surface area (Å²) in [6.07, 6.45) is 0. The summed E-state index contributed by atoms with van der Waals surface area (Å²) in [5, 5.41) is 7.22. The maximum atomic E-state index is 6.65. The molecule has 0 saturated carbocycles. The number of furan rings is 1. The van der Waals surface area contributed by atoms with Crippen LogP contribution in [-0.2, 0) is 10.8 Å². The van der Waals surface area contributed by atoms with Gasteiger partial charge in [0.25, 0.3) is 0 Å². The van der Waals surface area contributed by atoms with Crippen molar-refractivity contribution in [2.24, 2.45) is 0 Å². The zero-order valence-corrected chi connectivity index (χ0v) is 36.9. The molecule has 2 nitrogen and oxygen atoms in total. The van der Waals surface area contributed by atoms with Crippen LogP contribution in [0.2, 0.25) is 0 Å². The number of benzene rings is 9. The van der Waals surface area contributed by atoms with Crippen LogP contribution < -0.4 is 4.90 Å². The number of rotatable bonds is 5. The molecule has 0 saturated heterocycles. The van der Waals surface area contributed by atoms with Crippen LogP contribution >= 0.6 is 0 Å². The molecule has 0 atom stereocenters. The molecule has 0 bridgehead atoms. The van der Waals surface area contributed by atoms with Crippen LogP contribution in [0.1, 0.15) is 63.8 Å². The highest BCUT2D eigenvalue weighted by Gasteiger charge is 2.26. The number of aryl methyl sites for hydroxylation is 2. The maximum absolute atomic E-state index is 6.65. The summed E-state index contributed by atoms with van der Waals surface area (Å²) < 4.78 is 6.65. The first-order valence-electron chi connectivity index (χ1n) is 22.0. The summed E-state index contributed by atoms with van der Waals surface area (Å²) in [6, 6.07) is 61.4. The molecule has 62 heavy (non-hydrogen) atoms. The van der Waals surface area contributed by atoms with Crippen LogP contribution in [-0.4, -0.2) is 0 Å². The molecule has 0 fully saturated rings. The first-order chi connectivity index (χ1) is 29.8. The molecule has 0 aliphatic heterocycles. The van der Waals surface area contributed by atoms with Crippen molar-refractivity contribution in [3.63, 3.8) is 0 Å². The van der Waals surface area contributed by atoms with E-state index in [4.69, 9.17) is 4.42 Å². The van der Waals surface area contributed by atoms with Gasteiger partial charge in [-0.3, -0.25) is 0 Å². The van der Waals surface area contributed by atoms with Gasteiger partial charge >= 0.3 is 0 Å². The minimum absolute atomic E-state index is 0.0918. The maximum Gasteiger partial charge on any atom is 0.159 e. The van der Waals surface area contributed by atoms with Gasteiger partial charge in [-0.05, 0) is 180 Å². The average molecular weight is 802 g/mol. The number of nitrogens with zero attached hydrogens (tertiary/aromatic N) is 1. The quantitative estimate of drug-likeness (QED) is 0.172. The highest BCUT2D eigenvalue weighted by molar-refractivity contribution is 6.14. The van der Waals surface area contributed by atoms with E-state index >= 15 is 0 Å². The smallest absolute Gasteiger partial charge is 0.159 e. The standard InChI is InChI=1S/C60H51NO/c1-36-16-17-37(2)56(28-36)61(55-14-11-13-48-47-12-9-10-15-57(47)62-58(48)55)46-27-22-40-30-51-52(33-41(40)29-46)54-35-43-32-50(39-20-25-45(26-21-39)60(6,7)8)49(31-42(43)34-53(51)54)38-18-23-44(24-19-38)59(3,4)5/h9-35H,1-8H3. The first-order valence-corrected chi connectivity index (χ1v) is 22.0. The van der Waals surface area contributed by atoms with Gasteiger partial charge in [0.2, 0.25) is 0 Å². The lowest BCUT2D eigenvalue weighted by Crippen LogP contribution is -2.12. The Kier molecular flexibility index (Phi) is 8.48. The molecule has 9 aromatic carbocycles. The van der Waals surface area contributed by atoms with E-state index in [0.717, 1.165) is 39.0 Å². The van der Waals surface area contributed by atoms with Crippen molar-refractivity contribution >= 4 is 60.5 Å². The highest BCUT2D eigenvalue weighted by atomic mass is 16.3. The fraction of sp³-hybridized carbons (Fsp3) is 0.167. The number of hydrogen-bond donors (Lipinski definition) is 0. The van der Waals surface area contributed by atoms with E-state index in [9.17, 15) is 0 Å². The molecule has 10 aromatic rings. The summed E-state index contributed by atoms with van der Waals surface area (Å²) in [4.78, 5) is 2.39. The molecule has 0 unspecified atom stereocenters. The molecule has 0 amide bonds. The van der Waals surface area contributed by atoms with E-state index in [-0.39, 0.29) is 10.8 Å². The molecular weight excluding hydrogens is 751 g/mol. The van der Waals surface area contributed by atoms with Gasteiger partial charge in [0.15, 0.2) is 5.58 Å². The molecule has 11 rings (SSSR count). The zero-order chi connectivity index (χ0) is 42.7. The Labute approximate surface area is 365 Å². The summed E-state index contributed by atoms with van der Waals surface area (Å²) in [7, 11) is 0. The first kappa shape index (κ1) is 38.1. The van der Waals surface area contributed by atoms with Crippen molar-refractivity contribution in [3.05, 3.63) is 186 Å². The van der Waals surface area contributed by atoms with Crippen LogP contribution in [0.15, 0.2) is 168 Å². The van der Waals surface area contributed by atoms with E-state index in [1.165, 1.54) is 88.3 Å². The third kappa shape index (κ3) is 6.23. The van der Waals surface area contributed by atoms with Gasteiger partial charge in [0, 0.05) is 22.1 Å². The van der Waals surface area contributed by atoms with Crippen molar-refractivity contribution in [1.82, 2.24) is 0 Å². The second-order valence-electron chi connectivity index (χ2n) is 19.6. The van der Waals surface area contributed by atoms with Crippen LogP contribution in [0.4, 0.5) is 17.1 Å². The van der Waals surface area contributed by atoms with Crippen LogP contribution in [0.5, 0.6) is 0 Å². The minimum atomic E-state index is 0.0918. The van der Waals surface area contributed by atoms with Gasteiger partial charge in [-0.25, -0.2) is 0 Å². The zero-order valence-electron chi connectivity index (χ0n) is 36.9. The van der Waals surface area contributed by atoms with Gasteiger partial charge in [-0.2, -0.15) is 0 Å². The minimum Gasteiger partial charge on any atom is -0.454 e. The van der Waals surface area contributed by atoms with Gasteiger partial charge in [-0.15, -0.1) is 0 Å². The number of fused-ring (bicyclic) bond motifs is 9. The number of hydrogen-bond acceptors (Lipinski definition) is 2. The molecule has 302 valence electrons. The summed E-state index contributed by atoms with van der Waals surface area (Å²) in [5.41, 5.74) is 20.6. The molecule has 0 radical (unpaired) electrons. The monoisotopic (exact) mass is 801 g/mol. The molecule has 1 aromatic heterocycles. The van der Waals surface area contributed by atoms with Crippen molar-refractivity contribution in [1.29, 1.82) is 0 Å². The van der Waals surface area contributed by atoms with Crippen LogP contribution in [0, 0.1) is 13.8 Å². The molecule has 1 heterocycles. The summed E-state index contributed by atoms with van der Waals surface area (Å²) in [6.45, 7) is 18.1. The van der Waals surface area contributed by atoms with Crippen molar-refractivity contribution in [2.75, 3.05) is 4.90 Å². The van der Waals surface area contributed by atoms with Crippen LogP contribution in [0.3, 0.4) is 0 Å². The topological polar surface area (TPSA) is 16.4 Å². The lowest BCUT2D eigenvalue weighted by atomic mass is 9.77. The average Bonchev–Trinajstić information content (AvgIpc) is 3.65. The van der Waals surface area contributed by atoms with E-state index < -0.39 is 0 Å². The van der Waals surface area contributed by atoms with E-state index in [2.05, 4.69) is 218 Å². The molecule has 2 heteroatoms. The predicted molar refractivity (Wildman–Crippen MR) is 266 cm³/mol. The predicted octanol–water partition coefficient (Wildman–Crippen LogP) is 17.6. The second-order valence-corrected chi connectivity index (χ2v) is 19.6. The molecular formula is C60H51NO. The fourth-order valence-electron chi connectivity index (χ4n) is 9.66. The third-order valence-electron chi connectivity index (χ3n) is 13.3. The molecule has 1 aliphatic rings. The Balaban J connectivity index is 1.04. The van der Waals surface area contributed by atoms with Gasteiger partial charge in [0.1, 0.15) is 5.58 Å². The Bertz CT molecular complexity index is 3420. The van der Waals surface area contributed by atoms with Crippen molar-refractivity contribution < 1.29 is 4.42 Å². The molecule has 0 spiro atoms. The highest BCUT2D eigenvalue weighted by Crippen LogP contribution is 2.52. The summed E-state index contributed by atoms with van der Waals surface area (Å²) in [5.74, 6) is 0.